The Morgan fingerprint density at radius 3 is 3.05 bits per heavy atom. The molecular formula is C12H10N4O2S. The van der Waals surface area contributed by atoms with Gasteiger partial charge in [0.25, 0.3) is 0 Å². The van der Waals surface area contributed by atoms with Gasteiger partial charge in [-0.15, -0.1) is 16.4 Å². The monoisotopic (exact) mass is 274 g/mol. The Morgan fingerprint density at radius 2 is 2.37 bits per heavy atom. The van der Waals surface area contributed by atoms with Crippen LogP contribution in [0.1, 0.15) is 10.4 Å². The molecule has 0 fully saturated rings. The van der Waals surface area contributed by atoms with E-state index in [-0.39, 0.29) is 0 Å². The number of anilines is 1. The first kappa shape index (κ1) is 11.7. The van der Waals surface area contributed by atoms with E-state index in [9.17, 15) is 4.79 Å². The van der Waals surface area contributed by atoms with Crippen LogP contribution in [0.15, 0.2) is 29.8 Å². The molecule has 0 aliphatic carbocycles. The molecule has 0 atom stereocenters. The summed E-state index contributed by atoms with van der Waals surface area (Å²) in [5.74, 6) is 0.130. The van der Waals surface area contributed by atoms with Gasteiger partial charge in [-0.2, -0.15) is 0 Å². The fourth-order valence-corrected chi connectivity index (χ4v) is 2.40. The van der Waals surface area contributed by atoms with Gasteiger partial charge in [0.2, 0.25) is 0 Å². The summed E-state index contributed by atoms with van der Waals surface area (Å²) in [7, 11) is 1.32. The van der Waals surface area contributed by atoms with E-state index in [1.54, 1.807) is 17.5 Å². The van der Waals surface area contributed by atoms with Gasteiger partial charge in [0.05, 0.1) is 23.2 Å². The fourth-order valence-electron chi connectivity index (χ4n) is 1.75. The Bertz CT molecular complexity index is 749. The number of rotatable bonds is 2. The van der Waals surface area contributed by atoms with Crippen LogP contribution in [0.4, 0.5) is 5.69 Å². The second-order valence-electron chi connectivity index (χ2n) is 3.86. The Labute approximate surface area is 112 Å². The van der Waals surface area contributed by atoms with Gasteiger partial charge in [0.15, 0.2) is 11.5 Å². The predicted octanol–water partition coefficient (Wildman–Crippen LogP) is 1.83. The van der Waals surface area contributed by atoms with E-state index < -0.39 is 5.97 Å². The summed E-state index contributed by atoms with van der Waals surface area (Å²) in [5.41, 5.74) is 7.14. The molecule has 0 aliphatic heterocycles. The van der Waals surface area contributed by atoms with Crippen LogP contribution >= 0.6 is 11.3 Å². The number of thiophene rings is 1. The Morgan fingerprint density at radius 1 is 1.53 bits per heavy atom. The van der Waals surface area contributed by atoms with E-state index in [1.807, 2.05) is 17.5 Å². The normalized spacial score (nSPS) is 10.8. The summed E-state index contributed by atoms with van der Waals surface area (Å²) in [6.45, 7) is 0. The largest absolute Gasteiger partial charge is 0.465 e. The third-order valence-corrected chi connectivity index (χ3v) is 3.49. The van der Waals surface area contributed by atoms with Gasteiger partial charge < -0.3 is 10.5 Å². The average molecular weight is 274 g/mol. The molecule has 96 valence electrons. The summed E-state index contributed by atoms with van der Waals surface area (Å²) in [6, 6.07) is 5.39. The molecule has 6 nitrogen and oxygen atoms in total. The van der Waals surface area contributed by atoms with Gasteiger partial charge >= 0.3 is 5.97 Å². The maximum absolute atomic E-state index is 11.5. The lowest BCUT2D eigenvalue weighted by Crippen LogP contribution is -2.05. The van der Waals surface area contributed by atoms with Gasteiger partial charge in [-0.3, -0.25) is 0 Å². The molecule has 3 aromatic heterocycles. The SMILES string of the molecule is COC(=O)c1cc(N)c2nc(-c3cccs3)nn2c1. The minimum Gasteiger partial charge on any atom is -0.465 e. The highest BCUT2D eigenvalue weighted by Crippen LogP contribution is 2.23. The van der Waals surface area contributed by atoms with E-state index in [2.05, 4.69) is 14.8 Å². The van der Waals surface area contributed by atoms with Crippen molar-refractivity contribution in [3.63, 3.8) is 0 Å². The number of hydrogen-bond donors (Lipinski definition) is 1. The summed E-state index contributed by atoms with van der Waals surface area (Å²) in [4.78, 5) is 16.8. The Balaban J connectivity index is 2.17. The van der Waals surface area contributed by atoms with Crippen molar-refractivity contribution < 1.29 is 9.53 Å². The highest BCUT2D eigenvalue weighted by molar-refractivity contribution is 7.13. The molecule has 2 N–H and O–H groups in total. The number of aromatic nitrogens is 3. The zero-order chi connectivity index (χ0) is 13.4. The molecule has 7 heteroatoms. The van der Waals surface area contributed by atoms with Gasteiger partial charge in [-0.1, -0.05) is 6.07 Å². The van der Waals surface area contributed by atoms with Crippen molar-refractivity contribution >= 4 is 28.6 Å². The Kier molecular flexibility index (Phi) is 2.68. The van der Waals surface area contributed by atoms with Crippen LogP contribution in [-0.4, -0.2) is 27.7 Å². The molecule has 3 aromatic rings. The number of carbonyl (C=O) groups is 1. The van der Waals surface area contributed by atoms with Gasteiger partial charge in [-0.05, 0) is 17.5 Å². The van der Waals surface area contributed by atoms with Crippen molar-refractivity contribution in [2.75, 3.05) is 12.8 Å². The van der Waals surface area contributed by atoms with Crippen molar-refractivity contribution in [1.29, 1.82) is 0 Å². The number of hydrogen-bond acceptors (Lipinski definition) is 6. The highest BCUT2D eigenvalue weighted by atomic mass is 32.1. The zero-order valence-electron chi connectivity index (χ0n) is 10.0. The summed E-state index contributed by atoms with van der Waals surface area (Å²) in [5, 5.41) is 6.27. The first-order chi connectivity index (χ1) is 9.19. The molecule has 0 aliphatic rings. The summed E-state index contributed by atoms with van der Waals surface area (Å²) < 4.78 is 6.16. The number of esters is 1. The minimum absolute atomic E-state index is 0.343. The number of nitrogen functional groups attached to an aromatic ring is 1. The second-order valence-corrected chi connectivity index (χ2v) is 4.80. The number of nitrogens with two attached hydrogens (primary N) is 1. The molecule has 0 radical (unpaired) electrons. The first-order valence-corrected chi connectivity index (χ1v) is 6.35. The lowest BCUT2D eigenvalue weighted by Gasteiger charge is -2.01. The zero-order valence-corrected chi connectivity index (χ0v) is 10.8. The number of nitrogens with zero attached hydrogens (tertiary/aromatic N) is 3. The number of pyridine rings is 1. The molecular weight excluding hydrogens is 264 g/mol. The minimum atomic E-state index is -0.457. The first-order valence-electron chi connectivity index (χ1n) is 5.47. The maximum Gasteiger partial charge on any atom is 0.339 e. The lowest BCUT2D eigenvalue weighted by atomic mass is 10.2. The van der Waals surface area contributed by atoms with Crippen molar-refractivity contribution in [2.45, 2.75) is 0 Å². The number of carbonyl (C=O) groups excluding carboxylic acids is 1. The van der Waals surface area contributed by atoms with Crippen LogP contribution in [0.5, 0.6) is 0 Å². The van der Waals surface area contributed by atoms with Crippen molar-refractivity contribution in [1.82, 2.24) is 14.6 Å². The van der Waals surface area contributed by atoms with Crippen molar-refractivity contribution in [2.24, 2.45) is 0 Å². The summed E-state index contributed by atoms with van der Waals surface area (Å²) >= 11 is 1.54. The molecule has 0 amide bonds. The van der Waals surface area contributed by atoms with E-state index in [4.69, 9.17) is 5.73 Å². The van der Waals surface area contributed by atoms with Crippen LogP contribution in [0.2, 0.25) is 0 Å². The molecule has 0 saturated carbocycles. The van der Waals surface area contributed by atoms with Crippen LogP contribution in [0.3, 0.4) is 0 Å². The number of fused-ring (bicyclic) bond motifs is 1. The maximum atomic E-state index is 11.5. The molecule has 0 saturated heterocycles. The van der Waals surface area contributed by atoms with E-state index in [0.717, 1.165) is 4.88 Å². The van der Waals surface area contributed by atoms with Gasteiger partial charge in [0.1, 0.15) is 0 Å². The lowest BCUT2D eigenvalue weighted by molar-refractivity contribution is 0.0600. The summed E-state index contributed by atoms with van der Waals surface area (Å²) in [6.07, 6.45) is 1.56. The third-order valence-electron chi connectivity index (χ3n) is 2.62. The van der Waals surface area contributed by atoms with Crippen LogP contribution in [0.25, 0.3) is 16.3 Å². The number of ether oxygens (including phenoxy) is 1. The quantitative estimate of drug-likeness (QED) is 0.721. The standard InChI is InChI=1S/C12H10N4O2S/c1-18-12(17)7-5-8(13)11-14-10(15-16(11)6-7)9-3-2-4-19-9/h2-6H,13H2,1H3. The topological polar surface area (TPSA) is 82.5 Å². The third kappa shape index (κ3) is 1.93. The fraction of sp³-hybridized carbons (Fsp3) is 0.0833. The Hall–Kier alpha value is -2.41. The molecule has 0 bridgehead atoms. The predicted molar refractivity (Wildman–Crippen MR) is 72.1 cm³/mol. The molecule has 0 aromatic carbocycles. The molecule has 19 heavy (non-hydrogen) atoms. The van der Waals surface area contributed by atoms with Crippen LogP contribution in [0, 0.1) is 0 Å². The second kappa shape index (κ2) is 4.36. The molecule has 3 rings (SSSR count). The molecule has 0 unspecified atom stereocenters. The highest BCUT2D eigenvalue weighted by Gasteiger charge is 2.13. The molecule has 3 heterocycles. The average Bonchev–Trinajstić information content (AvgIpc) is 3.05. The van der Waals surface area contributed by atoms with Crippen molar-refractivity contribution in [3.05, 3.63) is 35.3 Å². The van der Waals surface area contributed by atoms with Crippen LogP contribution < -0.4 is 5.73 Å². The van der Waals surface area contributed by atoms with Crippen molar-refractivity contribution in [3.8, 4) is 10.7 Å². The number of methoxy groups -OCH3 is 1. The van der Waals surface area contributed by atoms with E-state index >= 15 is 0 Å². The van der Waals surface area contributed by atoms with Crippen LogP contribution in [-0.2, 0) is 4.74 Å². The molecule has 0 spiro atoms. The van der Waals surface area contributed by atoms with Gasteiger partial charge in [-0.25, -0.2) is 14.3 Å². The smallest absolute Gasteiger partial charge is 0.339 e. The van der Waals surface area contributed by atoms with E-state index in [1.165, 1.54) is 17.7 Å². The van der Waals surface area contributed by atoms with E-state index in [0.29, 0.717) is 22.7 Å². The van der Waals surface area contributed by atoms with Gasteiger partial charge in [0, 0.05) is 6.20 Å².